The number of amides is 1. The van der Waals surface area contributed by atoms with Gasteiger partial charge in [0.15, 0.2) is 0 Å². The van der Waals surface area contributed by atoms with Crippen LogP contribution in [-0.4, -0.2) is 54.4 Å². The molecule has 0 spiro atoms. The first-order valence-corrected chi connectivity index (χ1v) is 6.97. The molecule has 0 aromatic carbocycles. The van der Waals surface area contributed by atoms with Crippen molar-refractivity contribution in [3.05, 3.63) is 23.9 Å². The lowest BCUT2D eigenvalue weighted by Gasteiger charge is -2.31. The summed E-state index contributed by atoms with van der Waals surface area (Å²) in [6.07, 6.45) is 3.87. The number of anilines is 1. The van der Waals surface area contributed by atoms with E-state index in [0.29, 0.717) is 17.3 Å². The molecular weight excluding hydrogens is 254 g/mol. The molecule has 2 heterocycles. The third-order valence-electron chi connectivity index (χ3n) is 3.88. The fraction of sp³-hybridized carbons (Fsp3) is 0.571. The van der Waals surface area contributed by atoms with Crippen LogP contribution in [0.5, 0.6) is 0 Å². The number of rotatable bonds is 4. The second-order valence-electron chi connectivity index (χ2n) is 5.51. The summed E-state index contributed by atoms with van der Waals surface area (Å²) in [5.74, 6) is 6.42. The monoisotopic (exact) mass is 277 g/mol. The number of carbonyl (C=O) groups is 1. The quantitative estimate of drug-likeness (QED) is 0.628. The maximum atomic E-state index is 12.3. The van der Waals surface area contributed by atoms with E-state index in [-0.39, 0.29) is 5.91 Å². The molecule has 0 radical (unpaired) electrons. The van der Waals surface area contributed by atoms with E-state index in [4.69, 9.17) is 5.84 Å². The van der Waals surface area contributed by atoms with Crippen LogP contribution in [0.15, 0.2) is 18.3 Å². The van der Waals surface area contributed by atoms with Crippen LogP contribution in [0.2, 0.25) is 0 Å². The zero-order chi connectivity index (χ0) is 14.5. The number of hydrazine groups is 1. The van der Waals surface area contributed by atoms with Gasteiger partial charge in [-0.25, -0.2) is 10.8 Å². The van der Waals surface area contributed by atoms with E-state index >= 15 is 0 Å². The highest BCUT2D eigenvalue weighted by Crippen LogP contribution is 2.17. The Morgan fingerprint density at radius 2 is 2.20 bits per heavy atom. The van der Waals surface area contributed by atoms with E-state index in [9.17, 15) is 4.79 Å². The van der Waals surface area contributed by atoms with Gasteiger partial charge in [0.1, 0.15) is 5.82 Å². The van der Waals surface area contributed by atoms with Gasteiger partial charge in [-0.15, -0.1) is 0 Å². The minimum atomic E-state index is 0.0139. The maximum Gasteiger partial charge on any atom is 0.255 e. The molecule has 20 heavy (non-hydrogen) atoms. The van der Waals surface area contributed by atoms with Crippen LogP contribution in [0.1, 0.15) is 23.2 Å². The lowest BCUT2D eigenvalue weighted by atomic mass is 9.96. The number of piperidine rings is 1. The zero-order valence-corrected chi connectivity index (χ0v) is 12.2. The largest absolute Gasteiger partial charge is 0.341 e. The number of carbonyl (C=O) groups excluding carboxylic acids is 1. The van der Waals surface area contributed by atoms with Gasteiger partial charge in [-0.2, -0.15) is 0 Å². The molecule has 1 aromatic rings. The molecule has 1 saturated heterocycles. The molecule has 0 unspecified atom stereocenters. The minimum absolute atomic E-state index is 0.0139. The van der Waals surface area contributed by atoms with Gasteiger partial charge in [0.25, 0.3) is 5.91 Å². The molecule has 110 valence electrons. The Bertz CT molecular complexity index is 439. The van der Waals surface area contributed by atoms with Gasteiger partial charge < -0.3 is 15.2 Å². The second-order valence-corrected chi connectivity index (χ2v) is 5.51. The summed E-state index contributed by atoms with van der Waals surface area (Å²) in [4.78, 5) is 20.5. The molecule has 6 nitrogen and oxygen atoms in total. The topological polar surface area (TPSA) is 74.5 Å². The fourth-order valence-electron chi connectivity index (χ4n) is 2.54. The van der Waals surface area contributed by atoms with Crippen molar-refractivity contribution in [2.24, 2.45) is 11.8 Å². The number of nitrogens with one attached hydrogen (secondary N) is 1. The summed E-state index contributed by atoms with van der Waals surface area (Å²) in [5.41, 5.74) is 3.05. The third-order valence-corrected chi connectivity index (χ3v) is 3.88. The van der Waals surface area contributed by atoms with Gasteiger partial charge in [0.05, 0.1) is 5.56 Å². The SMILES string of the molecule is CN1CCC(CN(C)C(=O)c2ccc(NN)nc2)CC1. The predicted octanol–water partition coefficient (Wildman–Crippen LogP) is 0.781. The summed E-state index contributed by atoms with van der Waals surface area (Å²) < 4.78 is 0. The van der Waals surface area contributed by atoms with Crippen LogP contribution in [0.4, 0.5) is 5.82 Å². The van der Waals surface area contributed by atoms with Gasteiger partial charge >= 0.3 is 0 Å². The summed E-state index contributed by atoms with van der Waals surface area (Å²) in [6, 6.07) is 3.45. The van der Waals surface area contributed by atoms with Gasteiger partial charge in [-0.3, -0.25) is 4.79 Å². The van der Waals surface area contributed by atoms with Crippen LogP contribution in [0, 0.1) is 5.92 Å². The molecule has 1 aromatic heterocycles. The third kappa shape index (κ3) is 3.68. The summed E-state index contributed by atoms with van der Waals surface area (Å²) in [5, 5.41) is 0. The van der Waals surface area contributed by atoms with Crippen LogP contribution in [-0.2, 0) is 0 Å². The van der Waals surface area contributed by atoms with E-state index in [0.717, 1.165) is 32.5 Å². The molecule has 6 heteroatoms. The first-order valence-electron chi connectivity index (χ1n) is 6.97. The van der Waals surface area contributed by atoms with Crippen LogP contribution < -0.4 is 11.3 Å². The molecule has 0 atom stereocenters. The number of hydrogen-bond donors (Lipinski definition) is 2. The fourth-order valence-corrected chi connectivity index (χ4v) is 2.54. The van der Waals surface area contributed by atoms with Crippen molar-refractivity contribution >= 4 is 11.7 Å². The predicted molar refractivity (Wildman–Crippen MR) is 79.2 cm³/mol. The Morgan fingerprint density at radius 1 is 1.50 bits per heavy atom. The molecule has 1 aliphatic heterocycles. The van der Waals surface area contributed by atoms with Crippen LogP contribution >= 0.6 is 0 Å². The standard InChI is InChI=1S/C14H23N5O/c1-18-7-5-11(6-8-18)10-19(2)14(20)12-3-4-13(17-15)16-9-12/h3-4,9,11H,5-8,10,15H2,1-2H3,(H,16,17). The minimum Gasteiger partial charge on any atom is -0.341 e. The molecule has 3 N–H and O–H groups in total. The molecule has 0 bridgehead atoms. The van der Waals surface area contributed by atoms with Crippen LogP contribution in [0.3, 0.4) is 0 Å². The molecular formula is C14H23N5O. The highest BCUT2D eigenvalue weighted by molar-refractivity contribution is 5.93. The van der Waals surface area contributed by atoms with Gasteiger partial charge in [0, 0.05) is 19.8 Å². The normalized spacial score (nSPS) is 16.9. The number of nitrogen functional groups attached to an aromatic ring is 1. The summed E-state index contributed by atoms with van der Waals surface area (Å²) in [6.45, 7) is 3.04. The van der Waals surface area contributed by atoms with E-state index < -0.39 is 0 Å². The van der Waals surface area contributed by atoms with Crippen molar-refractivity contribution in [2.45, 2.75) is 12.8 Å². The maximum absolute atomic E-state index is 12.3. The van der Waals surface area contributed by atoms with E-state index in [1.807, 2.05) is 7.05 Å². The molecule has 2 rings (SSSR count). The Balaban J connectivity index is 1.90. The number of nitrogens with zero attached hydrogens (tertiary/aromatic N) is 3. The smallest absolute Gasteiger partial charge is 0.255 e. The Labute approximate surface area is 119 Å². The van der Waals surface area contributed by atoms with Crippen molar-refractivity contribution in [2.75, 3.05) is 39.2 Å². The number of nitrogens with two attached hydrogens (primary N) is 1. The van der Waals surface area contributed by atoms with Crippen molar-refractivity contribution in [3.8, 4) is 0 Å². The van der Waals surface area contributed by atoms with E-state index in [1.54, 1.807) is 23.2 Å². The summed E-state index contributed by atoms with van der Waals surface area (Å²) in [7, 11) is 4.00. The first kappa shape index (κ1) is 14.7. The van der Waals surface area contributed by atoms with E-state index in [1.165, 1.54) is 0 Å². The molecule has 0 saturated carbocycles. The van der Waals surface area contributed by atoms with Crippen molar-refractivity contribution < 1.29 is 4.79 Å². The Hall–Kier alpha value is -1.66. The number of likely N-dealkylation sites (tertiary alicyclic amines) is 1. The van der Waals surface area contributed by atoms with Crippen molar-refractivity contribution in [3.63, 3.8) is 0 Å². The van der Waals surface area contributed by atoms with E-state index in [2.05, 4.69) is 22.4 Å². The number of pyridine rings is 1. The average molecular weight is 277 g/mol. The lowest BCUT2D eigenvalue weighted by Crippen LogP contribution is -2.38. The highest BCUT2D eigenvalue weighted by atomic mass is 16.2. The van der Waals surface area contributed by atoms with Crippen LogP contribution in [0.25, 0.3) is 0 Å². The molecule has 1 aliphatic rings. The van der Waals surface area contributed by atoms with Gasteiger partial charge in [-0.05, 0) is 51.0 Å². The first-order chi connectivity index (χ1) is 9.60. The lowest BCUT2D eigenvalue weighted by molar-refractivity contribution is 0.0747. The average Bonchev–Trinajstić information content (AvgIpc) is 2.49. The van der Waals surface area contributed by atoms with Gasteiger partial charge in [0.2, 0.25) is 0 Å². The summed E-state index contributed by atoms with van der Waals surface area (Å²) >= 11 is 0. The van der Waals surface area contributed by atoms with Crippen molar-refractivity contribution in [1.29, 1.82) is 0 Å². The molecule has 1 fully saturated rings. The highest BCUT2D eigenvalue weighted by Gasteiger charge is 2.21. The second kappa shape index (κ2) is 6.67. The molecule has 0 aliphatic carbocycles. The Kier molecular flexibility index (Phi) is 4.92. The van der Waals surface area contributed by atoms with Gasteiger partial charge in [-0.1, -0.05) is 0 Å². The molecule has 1 amide bonds. The van der Waals surface area contributed by atoms with Crippen molar-refractivity contribution in [1.82, 2.24) is 14.8 Å². The zero-order valence-electron chi connectivity index (χ0n) is 12.2. The Morgan fingerprint density at radius 3 is 2.75 bits per heavy atom. The number of hydrogen-bond acceptors (Lipinski definition) is 5. The number of aromatic nitrogens is 1.